The Morgan fingerprint density at radius 1 is 1.21 bits per heavy atom. The van der Waals surface area contributed by atoms with E-state index in [9.17, 15) is 9.18 Å². The fourth-order valence-corrected chi connectivity index (χ4v) is 4.26. The molecule has 2 saturated heterocycles. The van der Waals surface area contributed by atoms with Crippen LogP contribution in [0.15, 0.2) is 30.5 Å². The third-order valence-corrected chi connectivity index (χ3v) is 5.69. The van der Waals surface area contributed by atoms with Crippen molar-refractivity contribution < 1.29 is 9.18 Å². The summed E-state index contributed by atoms with van der Waals surface area (Å²) in [5.74, 6) is 0.155. The van der Waals surface area contributed by atoms with E-state index >= 15 is 0 Å². The molecule has 28 heavy (non-hydrogen) atoms. The highest BCUT2D eigenvalue weighted by atomic mass is 19.1. The number of aromatic nitrogens is 2. The quantitative estimate of drug-likeness (QED) is 0.879. The molecule has 1 aromatic carbocycles. The number of carbonyl (C=O) groups is 1. The summed E-state index contributed by atoms with van der Waals surface area (Å²) in [5, 5.41) is 0. The van der Waals surface area contributed by atoms with Crippen molar-refractivity contribution in [2.75, 3.05) is 38.5 Å². The lowest BCUT2D eigenvalue weighted by Crippen LogP contribution is -2.44. The van der Waals surface area contributed by atoms with E-state index in [2.05, 4.69) is 14.9 Å². The zero-order valence-corrected chi connectivity index (χ0v) is 16.0. The van der Waals surface area contributed by atoms with Crippen molar-refractivity contribution in [3.63, 3.8) is 0 Å². The third-order valence-electron chi connectivity index (χ3n) is 5.69. The molecule has 1 aromatic heterocycles. The summed E-state index contributed by atoms with van der Waals surface area (Å²) in [5.41, 5.74) is 8.18. The van der Waals surface area contributed by atoms with Crippen molar-refractivity contribution in [1.29, 1.82) is 0 Å². The smallest absolute Gasteiger partial charge is 0.236 e. The SMILES string of the molecule is Nc1ncc(-c2cccc(F)c2)c(C2CCCN(C(=O)CN3CCCC3)C2)n1. The number of nitrogen functional groups attached to an aromatic ring is 1. The Morgan fingerprint density at radius 2 is 2.04 bits per heavy atom. The summed E-state index contributed by atoms with van der Waals surface area (Å²) in [7, 11) is 0. The topological polar surface area (TPSA) is 75.3 Å². The van der Waals surface area contributed by atoms with Crippen molar-refractivity contribution >= 4 is 11.9 Å². The van der Waals surface area contributed by atoms with Gasteiger partial charge in [-0.2, -0.15) is 0 Å². The predicted molar refractivity (Wildman–Crippen MR) is 106 cm³/mol. The number of amides is 1. The average Bonchev–Trinajstić information content (AvgIpc) is 3.21. The predicted octanol–water partition coefficient (Wildman–Crippen LogP) is 2.67. The average molecular weight is 383 g/mol. The van der Waals surface area contributed by atoms with Gasteiger partial charge in [0.05, 0.1) is 12.2 Å². The molecule has 2 aliphatic heterocycles. The van der Waals surface area contributed by atoms with E-state index < -0.39 is 0 Å². The second-order valence-electron chi connectivity index (χ2n) is 7.70. The van der Waals surface area contributed by atoms with Gasteiger partial charge in [-0.25, -0.2) is 14.4 Å². The number of halogens is 1. The minimum atomic E-state index is -0.300. The maximum Gasteiger partial charge on any atom is 0.236 e. The molecule has 6 nitrogen and oxygen atoms in total. The molecule has 4 rings (SSSR count). The standard InChI is InChI=1S/C21H26FN5O/c22-17-7-3-5-15(11-17)18-12-24-21(23)25-20(18)16-6-4-10-27(13-16)19(28)14-26-8-1-2-9-26/h3,5,7,11-12,16H,1-2,4,6,8-10,13-14H2,(H2,23,24,25). The molecule has 1 unspecified atom stereocenters. The summed E-state index contributed by atoms with van der Waals surface area (Å²) in [4.78, 5) is 25.6. The monoisotopic (exact) mass is 383 g/mol. The summed E-state index contributed by atoms with van der Waals surface area (Å²) in [6.07, 6.45) is 5.85. The molecule has 1 atom stereocenters. The molecule has 2 N–H and O–H groups in total. The highest BCUT2D eigenvalue weighted by Gasteiger charge is 2.29. The lowest BCUT2D eigenvalue weighted by Gasteiger charge is -2.34. The van der Waals surface area contributed by atoms with Crippen molar-refractivity contribution in [2.45, 2.75) is 31.6 Å². The number of likely N-dealkylation sites (tertiary alicyclic amines) is 2. The second-order valence-corrected chi connectivity index (χ2v) is 7.70. The van der Waals surface area contributed by atoms with Crippen LogP contribution < -0.4 is 5.73 Å². The molecule has 1 amide bonds. The van der Waals surface area contributed by atoms with E-state index in [0.29, 0.717) is 13.1 Å². The van der Waals surface area contributed by atoms with Gasteiger partial charge in [-0.05, 0) is 56.5 Å². The van der Waals surface area contributed by atoms with Crippen LogP contribution in [0, 0.1) is 5.82 Å². The first-order chi connectivity index (χ1) is 13.6. The molecule has 2 fully saturated rings. The first-order valence-electron chi connectivity index (χ1n) is 9.98. The zero-order chi connectivity index (χ0) is 19.5. The van der Waals surface area contributed by atoms with Crippen LogP contribution in [0.3, 0.4) is 0 Å². The molecule has 148 valence electrons. The molecule has 0 saturated carbocycles. The summed E-state index contributed by atoms with van der Waals surface area (Å²) in [6, 6.07) is 6.43. The number of nitrogens with zero attached hydrogens (tertiary/aromatic N) is 4. The van der Waals surface area contributed by atoms with E-state index in [4.69, 9.17) is 5.73 Å². The molecule has 0 spiro atoms. The fourth-order valence-electron chi connectivity index (χ4n) is 4.26. The van der Waals surface area contributed by atoms with Gasteiger partial charge < -0.3 is 10.6 Å². The second kappa shape index (κ2) is 8.22. The van der Waals surface area contributed by atoms with Gasteiger partial charge in [0.15, 0.2) is 0 Å². The molecular formula is C21H26FN5O. The summed E-state index contributed by atoms with van der Waals surface area (Å²) < 4.78 is 13.7. The van der Waals surface area contributed by atoms with Gasteiger partial charge in [-0.1, -0.05) is 12.1 Å². The third kappa shape index (κ3) is 4.14. The van der Waals surface area contributed by atoms with Crippen LogP contribution in [-0.2, 0) is 4.79 Å². The number of piperidine rings is 1. The van der Waals surface area contributed by atoms with Crippen LogP contribution in [-0.4, -0.2) is 58.4 Å². The molecule has 2 aliphatic rings. The Morgan fingerprint density at radius 3 is 2.82 bits per heavy atom. The maximum absolute atomic E-state index is 13.7. The van der Waals surface area contributed by atoms with E-state index in [0.717, 1.165) is 49.3 Å². The highest BCUT2D eigenvalue weighted by molar-refractivity contribution is 5.78. The first kappa shape index (κ1) is 18.8. The van der Waals surface area contributed by atoms with E-state index in [1.807, 2.05) is 11.0 Å². The Hall–Kier alpha value is -2.54. The van der Waals surface area contributed by atoms with Crippen LogP contribution >= 0.6 is 0 Å². The van der Waals surface area contributed by atoms with Crippen LogP contribution in [0.1, 0.15) is 37.3 Å². The number of benzene rings is 1. The minimum Gasteiger partial charge on any atom is -0.368 e. The van der Waals surface area contributed by atoms with Gasteiger partial charge in [-0.15, -0.1) is 0 Å². The largest absolute Gasteiger partial charge is 0.368 e. The lowest BCUT2D eigenvalue weighted by atomic mass is 9.90. The van der Waals surface area contributed by atoms with Crippen molar-refractivity contribution in [2.24, 2.45) is 0 Å². The van der Waals surface area contributed by atoms with Gasteiger partial charge in [0.25, 0.3) is 0 Å². The van der Waals surface area contributed by atoms with Crippen molar-refractivity contribution in [3.8, 4) is 11.1 Å². The first-order valence-corrected chi connectivity index (χ1v) is 9.98. The van der Waals surface area contributed by atoms with Crippen molar-refractivity contribution in [1.82, 2.24) is 19.8 Å². The van der Waals surface area contributed by atoms with Gasteiger partial charge in [0, 0.05) is 30.8 Å². The molecular weight excluding hydrogens is 357 g/mol. The Balaban J connectivity index is 1.56. The fraction of sp³-hybridized carbons (Fsp3) is 0.476. The zero-order valence-electron chi connectivity index (χ0n) is 16.0. The van der Waals surface area contributed by atoms with Gasteiger partial charge in [0.2, 0.25) is 11.9 Å². The summed E-state index contributed by atoms with van der Waals surface area (Å²) in [6.45, 7) is 3.91. The molecule has 0 bridgehead atoms. The Bertz CT molecular complexity index is 852. The minimum absolute atomic E-state index is 0.0693. The number of hydrogen-bond acceptors (Lipinski definition) is 5. The Labute approximate surface area is 164 Å². The number of nitrogens with two attached hydrogens (primary N) is 1. The maximum atomic E-state index is 13.7. The normalized spacial score (nSPS) is 20.5. The number of hydrogen-bond donors (Lipinski definition) is 1. The van der Waals surface area contributed by atoms with Crippen LogP contribution in [0.2, 0.25) is 0 Å². The molecule has 3 heterocycles. The molecule has 0 aliphatic carbocycles. The van der Waals surface area contributed by atoms with Crippen LogP contribution in [0.4, 0.5) is 10.3 Å². The number of rotatable bonds is 4. The number of carbonyl (C=O) groups excluding carboxylic acids is 1. The van der Waals surface area contributed by atoms with Gasteiger partial charge in [-0.3, -0.25) is 9.69 Å². The lowest BCUT2D eigenvalue weighted by molar-refractivity contribution is -0.133. The van der Waals surface area contributed by atoms with E-state index in [-0.39, 0.29) is 23.6 Å². The van der Waals surface area contributed by atoms with Crippen LogP contribution in [0.5, 0.6) is 0 Å². The highest BCUT2D eigenvalue weighted by Crippen LogP contribution is 2.33. The van der Waals surface area contributed by atoms with Gasteiger partial charge in [0.1, 0.15) is 5.82 Å². The molecule has 0 radical (unpaired) electrons. The van der Waals surface area contributed by atoms with Crippen molar-refractivity contribution in [3.05, 3.63) is 42.0 Å². The number of anilines is 1. The van der Waals surface area contributed by atoms with E-state index in [1.165, 1.54) is 25.0 Å². The summed E-state index contributed by atoms with van der Waals surface area (Å²) >= 11 is 0. The Kier molecular flexibility index (Phi) is 5.52. The molecule has 2 aromatic rings. The molecule has 7 heteroatoms. The van der Waals surface area contributed by atoms with E-state index in [1.54, 1.807) is 12.3 Å². The van der Waals surface area contributed by atoms with Crippen LogP contribution in [0.25, 0.3) is 11.1 Å². The van der Waals surface area contributed by atoms with Gasteiger partial charge >= 0.3 is 0 Å².